The molecule has 3 nitrogen and oxygen atoms in total. The smallest absolute Gasteiger partial charge is 0.150 e. The van der Waals surface area contributed by atoms with Crippen LogP contribution >= 0.6 is 0 Å². The molecule has 5 heteroatoms. The molecular weight excluding hydrogens is 236 g/mol. The first-order chi connectivity index (χ1) is 8.75. The van der Waals surface area contributed by atoms with E-state index in [0.29, 0.717) is 5.69 Å². The van der Waals surface area contributed by atoms with Crippen LogP contribution in [-0.2, 0) is 0 Å². The summed E-state index contributed by atoms with van der Waals surface area (Å²) in [5.74, 6) is -1.15. The maximum absolute atomic E-state index is 13.8. The van der Waals surface area contributed by atoms with Gasteiger partial charge in [0.25, 0.3) is 0 Å². The van der Waals surface area contributed by atoms with E-state index in [-0.39, 0.29) is 6.04 Å². The number of nitrogens with zero attached hydrogens (tertiary/aromatic N) is 2. The molecule has 2 aromatic rings. The number of rotatable bonds is 2. The molecule has 94 valence electrons. The van der Waals surface area contributed by atoms with Gasteiger partial charge in [-0.2, -0.15) is 0 Å². The molecular formula is C13H13F2N3. The van der Waals surface area contributed by atoms with Crippen LogP contribution in [0.4, 0.5) is 8.78 Å². The predicted molar refractivity (Wildman–Crippen MR) is 63.5 cm³/mol. The fourth-order valence-electron chi connectivity index (χ4n) is 2.38. The molecule has 3 rings (SSSR count). The zero-order chi connectivity index (χ0) is 12.5. The Morgan fingerprint density at radius 2 is 2.22 bits per heavy atom. The van der Waals surface area contributed by atoms with Crippen LogP contribution in [0.3, 0.4) is 0 Å². The summed E-state index contributed by atoms with van der Waals surface area (Å²) >= 11 is 0. The topological polar surface area (TPSA) is 29.9 Å². The highest BCUT2D eigenvalue weighted by Gasteiger charge is 2.21. The van der Waals surface area contributed by atoms with Gasteiger partial charge in [0.1, 0.15) is 11.6 Å². The number of benzene rings is 1. The average Bonchev–Trinajstić information content (AvgIpc) is 2.98. The molecule has 18 heavy (non-hydrogen) atoms. The maximum atomic E-state index is 13.8. The molecule has 1 fully saturated rings. The third-order valence-electron chi connectivity index (χ3n) is 3.25. The summed E-state index contributed by atoms with van der Waals surface area (Å²) in [6, 6.07) is 3.77. The molecule has 1 aromatic heterocycles. The average molecular weight is 249 g/mol. The fraction of sp³-hybridized carbons (Fsp3) is 0.308. The molecule has 1 aromatic carbocycles. The van der Waals surface area contributed by atoms with Gasteiger partial charge in [-0.05, 0) is 31.5 Å². The van der Waals surface area contributed by atoms with Gasteiger partial charge in [-0.1, -0.05) is 0 Å². The third kappa shape index (κ3) is 1.90. The summed E-state index contributed by atoms with van der Waals surface area (Å²) in [5, 5.41) is 3.34. The highest BCUT2D eigenvalue weighted by molar-refractivity contribution is 5.36. The van der Waals surface area contributed by atoms with E-state index < -0.39 is 11.6 Å². The van der Waals surface area contributed by atoms with Crippen LogP contribution < -0.4 is 5.32 Å². The second-order valence-electron chi connectivity index (χ2n) is 4.43. The van der Waals surface area contributed by atoms with E-state index in [1.165, 1.54) is 12.1 Å². The van der Waals surface area contributed by atoms with Gasteiger partial charge < -0.3 is 5.32 Å². The summed E-state index contributed by atoms with van der Waals surface area (Å²) in [6.07, 6.45) is 5.40. The summed E-state index contributed by atoms with van der Waals surface area (Å²) < 4.78 is 28.4. The van der Waals surface area contributed by atoms with Crippen LogP contribution in [0, 0.1) is 11.6 Å². The SMILES string of the molecule is Fc1ccc(-n2cncc2[C@@H]2CCCN2)c(F)c1. The van der Waals surface area contributed by atoms with E-state index in [0.717, 1.165) is 31.1 Å². The molecule has 0 amide bonds. The summed E-state index contributed by atoms with van der Waals surface area (Å²) in [5.41, 5.74) is 1.25. The van der Waals surface area contributed by atoms with Crippen LogP contribution in [-0.4, -0.2) is 16.1 Å². The number of imidazole rings is 1. The Morgan fingerprint density at radius 1 is 1.33 bits per heavy atom. The Kier molecular flexibility index (Phi) is 2.83. The van der Waals surface area contributed by atoms with E-state index in [4.69, 9.17) is 0 Å². The Labute approximate surface area is 103 Å². The number of aromatic nitrogens is 2. The molecule has 0 spiro atoms. The van der Waals surface area contributed by atoms with Crippen LogP contribution in [0.1, 0.15) is 24.6 Å². The van der Waals surface area contributed by atoms with Crippen molar-refractivity contribution in [3.8, 4) is 5.69 Å². The minimum absolute atomic E-state index is 0.192. The number of halogens is 2. The molecule has 1 aliphatic rings. The van der Waals surface area contributed by atoms with E-state index >= 15 is 0 Å². The lowest BCUT2D eigenvalue weighted by Gasteiger charge is -2.14. The Balaban J connectivity index is 2.03. The molecule has 1 atom stereocenters. The van der Waals surface area contributed by atoms with E-state index in [2.05, 4.69) is 10.3 Å². The highest BCUT2D eigenvalue weighted by atomic mass is 19.1. The third-order valence-corrected chi connectivity index (χ3v) is 3.25. The maximum Gasteiger partial charge on any atom is 0.150 e. The molecule has 0 bridgehead atoms. The lowest BCUT2D eigenvalue weighted by Crippen LogP contribution is -2.16. The van der Waals surface area contributed by atoms with Crippen molar-refractivity contribution < 1.29 is 8.78 Å². The second kappa shape index (κ2) is 4.49. The lowest BCUT2D eigenvalue weighted by atomic mass is 10.1. The Morgan fingerprint density at radius 3 is 2.94 bits per heavy atom. The van der Waals surface area contributed by atoms with Crippen LogP contribution in [0.5, 0.6) is 0 Å². The van der Waals surface area contributed by atoms with Gasteiger partial charge in [0.15, 0.2) is 0 Å². The molecule has 0 radical (unpaired) electrons. The van der Waals surface area contributed by atoms with Crippen molar-refractivity contribution in [1.82, 2.24) is 14.9 Å². The van der Waals surface area contributed by atoms with Crippen LogP contribution in [0.2, 0.25) is 0 Å². The monoisotopic (exact) mass is 249 g/mol. The Hall–Kier alpha value is -1.75. The first-order valence-electron chi connectivity index (χ1n) is 5.97. The first-order valence-corrected chi connectivity index (χ1v) is 5.97. The van der Waals surface area contributed by atoms with Crippen molar-refractivity contribution in [1.29, 1.82) is 0 Å². The largest absolute Gasteiger partial charge is 0.309 e. The Bertz CT molecular complexity index is 559. The molecule has 0 saturated carbocycles. The highest BCUT2D eigenvalue weighted by Crippen LogP contribution is 2.26. The molecule has 1 N–H and O–H groups in total. The van der Waals surface area contributed by atoms with Crippen molar-refractivity contribution in [2.45, 2.75) is 18.9 Å². The van der Waals surface area contributed by atoms with Gasteiger partial charge in [0.2, 0.25) is 0 Å². The minimum atomic E-state index is -0.577. The van der Waals surface area contributed by atoms with Gasteiger partial charge in [0, 0.05) is 12.1 Å². The number of hydrogen-bond acceptors (Lipinski definition) is 2. The van der Waals surface area contributed by atoms with Crippen LogP contribution in [0.25, 0.3) is 5.69 Å². The summed E-state index contributed by atoms with van der Waals surface area (Å²) in [4.78, 5) is 4.07. The normalized spacial score (nSPS) is 19.3. The van der Waals surface area contributed by atoms with E-state index in [1.807, 2.05) is 0 Å². The van der Waals surface area contributed by atoms with Gasteiger partial charge in [-0.3, -0.25) is 4.57 Å². The van der Waals surface area contributed by atoms with Crippen LogP contribution in [0.15, 0.2) is 30.7 Å². The van der Waals surface area contributed by atoms with E-state index in [1.54, 1.807) is 17.1 Å². The zero-order valence-electron chi connectivity index (χ0n) is 9.74. The number of nitrogens with one attached hydrogen (secondary N) is 1. The number of hydrogen-bond donors (Lipinski definition) is 1. The van der Waals surface area contributed by atoms with Crippen molar-refractivity contribution >= 4 is 0 Å². The molecule has 2 heterocycles. The molecule has 0 unspecified atom stereocenters. The van der Waals surface area contributed by atoms with Crippen molar-refractivity contribution in [2.24, 2.45) is 0 Å². The molecule has 0 aliphatic carbocycles. The van der Waals surface area contributed by atoms with E-state index in [9.17, 15) is 8.78 Å². The van der Waals surface area contributed by atoms with Gasteiger partial charge in [0.05, 0.1) is 23.9 Å². The summed E-state index contributed by atoms with van der Waals surface area (Å²) in [7, 11) is 0. The zero-order valence-corrected chi connectivity index (χ0v) is 9.74. The molecule has 1 aliphatic heterocycles. The van der Waals surface area contributed by atoms with Gasteiger partial charge in [-0.25, -0.2) is 13.8 Å². The van der Waals surface area contributed by atoms with Crippen molar-refractivity contribution in [3.63, 3.8) is 0 Å². The lowest BCUT2D eigenvalue weighted by molar-refractivity contribution is 0.568. The first kappa shape index (κ1) is 11.3. The standard InChI is InChI=1S/C13H13F2N3/c14-9-3-4-12(10(15)6-9)18-8-16-7-13(18)11-2-1-5-17-11/h3-4,6-8,11,17H,1-2,5H2/t11-/m0/s1. The van der Waals surface area contributed by atoms with Gasteiger partial charge >= 0.3 is 0 Å². The minimum Gasteiger partial charge on any atom is -0.309 e. The van der Waals surface area contributed by atoms with Crippen molar-refractivity contribution in [2.75, 3.05) is 6.54 Å². The van der Waals surface area contributed by atoms with Crippen molar-refractivity contribution in [3.05, 3.63) is 48.1 Å². The molecule has 1 saturated heterocycles. The summed E-state index contributed by atoms with van der Waals surface area (Å²) in [6.45, 7) is 0.960. The second-order valence-corrected chi connectivity index (χ2v) is 4.43. The predicted octanol–water partition coefficient (Wildman–Crippen LogP) is 2.58. The fourth-order valence-corrected chi connectivity index (χ4v) is 2.38. The van der Waals surface area contributed by atoms with Gasteiger partial charge in [-0.15, -0.1) is 0 Å². The quantitative estimate of drug-likeness (QED) is 0.886.